The summed E-state index contributed by atoms with van der Waals surface area (Å²) in [6, 6.07) is 5.23. The largest absolute Gasteiger partial charge is 0.397 e. The fraction of sp³-hybridized carbons (Fsp3) is 0.458. The van der Waals surface area contributed by atoms with Gasteiger partial charge in [-0.05, 0) is 37.5 Å². The van der Waals surface area contributed by atoms with Gasteiger partial charge < -0.3 is 15.4 Å². The van der Waals surface area contributed by atoms with Crippen molar-refractivity contribution in [1.82, 2.24) is 9.88 Å². The second kappa shape index (κ2) is 11.2. The summed E-state index contributed by atoms with van der Waals surface area (Å²) >= 11 is 1.35. The van der Waals surface area contributed by atoms with Crippen molar-refractivity contribution in [3.8, 4) is 0 Å². The molecule has 2 fully saturated rings. The summed E-state index contributed by atoms with van der Waals surface area (Å²) in [7, 11) is 0. The number of nitrogens with one attached hydrogen (secondary N) is 1. The first-order valence-electron chi connectivity index (χ1n) is 11.8. The number of nitrogens with zero attached hydrogens (tertiary/aromatic N) is 4. The molecule has 1 aromatic carbocycles. The summed E-state index contributed by atoms with van der Waals surface area (Å²) in [5.74, 6) is 5.28. The second-order valence-corrected chi connectivity index (χ2v) is 9.64. The first kappa shape index (κ1) is 24.6. The molecule has 2 heterocycles. The van der Waals surface area contributed by atoms with Crippen molar-refractivity contribution in [3.05, 3.63) is 54.0 Å². The minimum absolute atomic E-state index is 0.168. The molecule has 4 rings (SSSR count). The zero-order chi connectivity index (χ0) is 24.1. The zero-order valence-corrected chi connectivity index (χ0v) is 20.3. The van der Waals surface area contributed by atoms with Crippen LogP contribution in [0.5, 0.6) is 0 Å². The van der Waals surface area contributed by atoms with E-state index < -0.39 is 11.6 Å². The highest BCUT2D eigenvalue weighted by Gasteiger charge is 2.28. The van der Waals surface area contributed by atoms with E-state index >= 15 is 0 Å². The van der Waals surface area contributed by atoms with Gasteiger partial charge in [-0.3, -0.25) is 14.9 Å². The molecule has 0 spiro atoms. The van der Waals surface area contributed by atoms with Gasteiger partial charge in [0, 0.05) is 55.9 Å². The quantitative estimate of drug-likeness (QED) is 0.210. The maximum atomic E-state index is 15.0. The van der Waals surface area contributed by atoms with E-state index in [0.717, 1.165) is 55.1 Å². The second-order valence-electron chi connectivity index (χ2n) is 8.74. The van der Waals surface area contributed by atoms with Crippen molar-refractivity contribution < 1.29 is 8.78 Å². The van der Waals surface area contributed by atoms with Crippen LogP contribution in [0.15, 0.2) is 36.8 Å². The molecule has 2 aliphatic rings. The van der Waals surface area contributed by atoms with Crippen molar-refractivity contribution in [2.75, 3.05) is 46.6 Å². The Labute approximate surface area is 204 Å². The van der Waals surface area contributed by atoms with Gasteiger partial charge in [0.2, 0.25) is 0 Å². The molecular weight excluding hydrogens is 456 g/mol. The van der Waals surface area contributed by atoms with Crippen LogP contribution in [-0.2, 0) is 0 Å². The predicted octanol–water partition coefficient (Wildman–Crippen LogP) is 4.14. The van der Waals surface area contributed by atoms with Gasteiger partial charge in [0.05, 0.1) is 23.3 Å². The summed E-state index contributed by atoms with van der Waals surface area (Å²) < 4.78 is 32.3. The van der Waals surface area contributed by atoms with Crippen molar-refractivity contribution in [1.29, 1.82) is 0 Å². The number of halogens is 2. The van der Waals surface area contributed by atoms with Gasteiger partial charge in [-0.2, -0.15) is 0 Å². The topological polar surface area (TPSA) is 86.7 Å². The maximum Gasteiger partial charge on any atom is 0.175 e. The molecular formula is C24H33F2N7S. The Morgan fingerprint density at radius 1 is 1.24 bits per heavy atom. The van der Waals surface area contributed by atoms with Gasteiger partial charge in [0.15, 0.2) is 11.6 Å². The fourth-order valence-corrected chi connectivity index (χ4v) is 4.85. The smallest absolute Gasteiger partial charge is 0.175 e. The molecule has 0 amide bonds. The Hall–Kier alpha value is -2.56. The normalized spacial score (nSPS) is 17.5. The van der Waals surface area contributed by atoms with E-state index in [1.165, 1.54) is 49.5 Å². The molecule has 7 nitrogen and oxygen atoms in total. The lowest BCUT2D eigenvalue weighted by Crippen LogP contribution is -2.52. The van der Waals surface area contributed by atoms with E-state index in [9.17, 15) is 8.78 Å². The third-order valence-corrected chi connectivity index (χ3v) is 7.40. The lowest BCUT2D eigenvalue weighted by atomic mass is 9.91. The molecule has 0 bridgehead atoms. The highest BCUT2D eigenvalue weighted by Crippen LogP contribution is 2.31. The molecule has 1 saturated heterocycles. The Morgan fingerprint density at radius 3 is 2.68 bits per heavy atom. The standard InChI is InChI=1S/C24H33F2N7S/c1-2-12-34-30-22-7-6-20(25)24(23(22)26)33(28)16-21(27)17-13-19(15-29-14-17)32-10-8-31(9-11-32)18-4-3-5-18/h6-7,13-16,18,30H,2-5,8-12,27-28H2,1H3/b21-16-. The molecule has 1 aromatic heterocycles. The molecule has 2 aromatic rings. The van der Waals surface area contributed by atoms with Crippen LogP contribution < -0.4 is 26.2 Å². The number of hydrazine groups is 1. The van der Waals surface area contributed by atoms with Crippen LogP contribution in [0.1, 0.15) is 38.2 Å². The lowest BCUT2D eigenvalue weighted by molar-refractivity contribution is 0.120. The lowest BCUT2D eigenvalue weighted by Gasteiger charge is -2.43. The van der Waals surface area contributed by atoms with E-state index in [1.807, 2.05) is 19.2 Å². The minimum atomic E-state index is -0.772. The van der Waals surface area contributed by atoms with E-state index in [2.05, 4.69) is 19.5 Å². The molecule has 0 unspecified atom stereocenters. The molecule has 10 heteroatoms. The molecule has 34 heavy (non-hydrogen) atoms. The molecule has 0 atom stereocenters. The third kappa shape index (κ3) is 5.56. The van der Waals surface area contributed by atoms with Gasteiger partial charge >= 0.3 is 0 Å². The van der Waals surface area contributed by atoms with E-state index in [-0.39, 0.29) is 17.1 Å². The zero-order valence-electron chi connectivity index (χ0n) is 19.5. The highest BCUT2D eigenvalue weighted by atomic mass is 32.2. The van der Waals surface area contributed by atoms with Crippen LogP contribution in [0, 0.1) is 11.6 Å². The Morgan fingerprint density at radius 2 is 2.00 bits per heavy atom. The first-order chi connectivity index (χ1) is 16.5. The van der Waals surface area contributed by atoms with Gasteiger partial charge in [-0.15, -0.1) is 0 Å². The Kier molecular flexibility index (Phi) is 8.12. The number of nitrogens with two attached hydrogens (primary N) is 2. The van der Waals surface area contributed by atoms with Gasteiger partial charge in [-0.1, -0.05) is 25.3 Å². The summed E-state index contributed by atoms with van der Waals surface area (Å²) in [6.45, 7) is 5.96. The Bertz CT molecular complexity index is 1010. The minimum Gasteiger partial charge on any atom is -0.397 e. The van der Waals surface area contributed by atoms with Crippen LogP contribution in [0.25, 0.3) is 5.70 Å². The molecule has 1 saturated carbocycles. The number of aromatic nitrogens is 1. The number of hydrogen-bond acceptors (Lipinski definition) is 8. The molecule has 5 N–H and O–H groups in total. The van der Waals surface area contributed by atoms with Gasteiger partial charge in [0.25, 0.3) is 0 Å². The van der Waals surface area contributed by atoms with Crippen LogP contribution in [0.4, 0.5) is 25.8 Å². The van der Waals surface area contributed by atoms with E-state index in [4.69, 9.17) is 11.6 Å². The van der Waals surface area contributed by atoms with Crippen molar-refractivity contribution in [2.45, 2.75) is 38.6 Å². The van der Waals surface area contributed by atoms with Crippen molar-refractivity contribution in [3.63, 3.8) is 0 Å². The highest BCUT2D eigenvalue weighted by molar-refractivity contribution is 8.00. The summed E-state index contributed by atoms with van der Waals surface area (Å²) in [5.41, 5.74) is 7.94. The van der Waals surface area contributed by atoms with Crippen LogP contribution in [0.3, 0.4) is 0 Å². The SMILES string of the molecule is CCCSNc1ccc(F)c(N(N)/C=C(\N)c2cncc(N3CCN(C4CCC4)CC3)c2)c1F. The molecule has 0 radical (unpaired) electrons. The fourth-order valence-electron chi connectivity index (χ4n) is 4.23. The summed E-state index contributed by atoms with van der Waals surface area (Å²) in [6.07, 6.45) is 9.65. The maximum absolute atomic E-state index is 15.0. The Balaban J connectivity index is 1.46. The van der Waals surface area contributed by atoms with Crippen LogP contribution in [0.2, 0.25) is 0 Å². The monoisotopic (exact) mass is 489 g/mol. The third-order valence-electron chi connectivity index (χ3n) is 6.42. The average Bonchev–Trinajstić information content (AvgIpc) is 2.80. The molecule has 1 aliphatic heterocycles. The molecule has 1 aliphatic carbocycles. The van der Waals surface area contributed by atoms with Crippen LogP contribution in [-0.4, -0.2) is 47.9 Å². The number of hydrogen-bond donors (Lipinski definition) is 3. The van der Waals surface area contributed by atoms with Crippen molar-refractivity contribution >= 4 is 34.7 Å². The molecule has 184 valence electrons. The van der Waals surface area contributed by atoms with Gasteiger partial charge in [-0.25, -0.2) is 14.6 Å². The van der Waals surface area contributed by atoms with Crippen molar-refractivity contribution in [2.24, 2.45) is 11.6 Å². The van der Waals surface area contributed by atoms with Crippen LogP contribution >= 0.6 is 11.9 Å². The summed E-state index contributed by atoms with van der Waals surface area (Å²) in [5, 5.41) is 0.889. The number of rotatable bonds is 9. The number of anilines is 3. The number of pyridine rings is 1. The predicted molar refractivity (Wildman–Crippen MR) is 137 cm³/mol. The first-order valence-corrected chi connectivity index (χ1v) is 12.8. The summed E-state index contributed by atoms with van der Waals surface area (Å²) in [4.78, 5) is 9.20. The van der Waals surface area contributed by atoms with E-state index in [1.54, 1.807) is 6.20 Å². The number of piperazine rings is 1. The van der Waals surface area contributed by atoms with Gasteiger partial charge in [0.1, 0.15) is 5.69 Å². The van der Waals surface area contributed by atoms with E-state index in [0.29, 0.717) is 5.56 Å². The number of benzene rings is 1. The average molecular weight is 490 g/mol.